The van der Waals surface area contributed by atoms with E-state index < -0.39 is 24.3 Å². The standard InChI is InChI=1S/C15H15ClN4O4/c1-8-13(9(2)20(3)19-8)14(22)15(23)24-7-12(21)18-11-5-4-10(16)6-17-11/h4-6H,7H2,1-3H3,(H,17,18,21). The summed E-state index contributed by atoms with van der Waals surface area (Å²) < 4.78 is 6.24. The van der Waals surface area contributed by atoms with Crippen molar-refractivity contribution in [3.8, 4) is 0 Å². The summed E-state index contributed by atoms with van der Waals surface area (Å²) >= 11 is 5.68. The van der Waals surface area contributed by atoms with E-state index in [2.05, 4.69) is 15.4 Å². The van der Waals surface area contributed by atoms with E-state index in [0.717, 1.165) is 0 Å². The van der Waals surface area contributed by atoms with Gasteiger partial charge in [-0.05, 0) is 26.0 Å². The van der Waals surface area contributed by atoms with Crippen LogP contribution in [0.15, 0.2) is 18.3 Å². The minimum atomic E-state index is -1.12. The molecule has 0 saturated carbocycles. The van der Waals surface area contributed by atoms with Crippen LogP contribution < -0.4 is 5.32 Å². The van der Waals surface area contributed by atoms with Crippen molar-refractivity contribution in [1.29, 1.82) is 0 Å². The second-order valence-electron chi connectivity index (χ2n) is 4.98. The highest BCUT2D eigenvalue weighted by Gasteiger charge is 2.25. The molecule has 126 valence electrons. The first-order valence-corrected chi connectivity index (χ1v) is 7.30. The zero-order valence-electron chi connectivity index (χ0n) is 13.3. The Morgan fingerprint density at radius 1 is 1.29 bits per heavy atom. The molecule has 2 aromatic heterocycles. The van der Waals surface area contributed by atoms with Crippen LogP contribution in [-0.2, 0) is 21.4 Å². The molecule has 2 rings (SSSR count). The molecule has 8 nitrogen and oxygen atoms in total. The Labute approximate surface area is 142 Å². The lowest BCUT2D eigenvalue weighted by atomic mass is 10.1. The Balaban J connectivity index is 1.93. The topological polar surface area (TPSA) is 103 Å². The lowest BCUT2D eigenvalue weighted by molar-refractivity contribution is -0.142. The molecule has 0 aliphatic carbocycles. The molecule has 0 aliphatic rings. The number of aryl methyl sites for hydroxylation is 2. The molecule has 0 bridgehead atoms. The molecule has 0 unspecified atom stereocenters. The number of carbonyl (C=O) groups excluding carboxylic acids is 3. The summed E-state index contributed by atoms with van der Waals surface area (Å²) in [5.41, 5.74) is 1.15. The molecule has 0 aliphatic heterocycles. The summed E-state index contributed by atoms with van der Waals surface area (Å²) in [6.07, 6.45) is 1.36. The minimum absolute atomic E-state index is 0.183. The maximum atomic E-state index is 12.1. The zero-order valence-corrected chi connectivity index (χ0v) is 14.0. The fraction of sp³-hybridized carbons (Fsp3) is 0.267. The number of nitrogens with zero attached hydrogens (tertiary/aromatic N) is 3. The van der Waals surface area contributed by atoms with Crippen LogP contribution in [0.25, 0.3) is 0 Å². The van der Waals surface area contributed by atoms with Crippen LogP contribution in [0.3, 0.4) is 0 Å². The van der Waals surface area contributed by atoms with Crippen molar-refractivity contribution in [1.82, 2.24) is 14.8 Å². The van der Waals surface area contributed by atoms with E-state index in [9.17, 15) is 14.4 Å². The average Bonchev–Trinajstić information content (AvgIpc) is 2.79. The van der Waals surface area contributed by atoms with Gasteiger partial charge >= 0.3 is 5.97 Å². The number of pyridine rings is 1. The molecule has 2 aromatic rings. The molecule has 2 heterocycles. The van der Waals surface area contributed by atoms with E-state index >= 15 is 0 Å². The van der Waals surface area contributed by atoms with E-state index in [4.69, 9.17) is 16.3 Å². The number of carbonyl (C=O) groups is 3. The fourth-order valence-corrected chi connectivity index (χ4v) is 2.14. The lowest BCUT2D eigenvalue weighted by Crippen LogP contribution is -2.25. The third-order valence-corrected chi connectivity index (χ3v) is 3.47. The number of hydrogen-bond donors (Lipinski definition) is 1. The maximum absolute atomic E-state index is 12.1. The van der Waals surface area contributed by atoms with Gasteiger partial charge in [0, 0.05) is 18.9 Å². The number of rotatable bonds is 5. The molecule has 0 spiro atoms. The Morgan fingerprint density at radius 3 is 2.54 bits per heavy atom. The van der Waals surface area contributed by atoms with Gasteiger partial charge in [0.25, 0.3) is 11.7 Å². The van der Waals surface area contributed by atoms with Crippen molar-refractivity contribution in [3.63, 3.8) is 0 Å². The Morgan fingerprint density at radius 2 is 2.00 bits per heavy atom. The summed E-state index contributed by atoms with van der Waals surface area (Å²) in [4.78, 5) is 39.5. The van der Waals surface area contributed by atoms with Gasteiger partial charge in [-0.3, -0.25) is 14.3 Å². The number of nitrogens with one attached hydrogen (secondary N) is 1. The van der Waals surface area contributed by atoms with Crippen LogP contribution in [0.1, 0.15) is 21.7 Å². The number of aromatic nitrogens is 3. The first kappa shape index (κ1) is 17.6. The summed E-state index contributed by atoms with van der Waals surface area (Å²) in [7, 11) is 1.66. The highest BCUT2D eigenvalue weighted by molar-refractivity contribution is 6.41. The summed E-state index contributed by atoms with van der Waals surface area (Å²) in [5, 5.41) is 6.90. The van der Waals surface area contributed by atoms with Gasteiger partial charge in [-0.1, -0.05) is 11.6 Å². The van der Waals surface area contributed by atoms with E-state index in [-0.39, 0.29) is 11.4 Å². The van der Waals surface area contributed by atoms with Gasteiger partial charge in [0.15, 0.2) is 6.61 Å². The van der Waals surface area contributed by atoms with Crippen LogP contribution >= 0.6 is 11.6 Å². The number of anilines is 1. The minimum Gasteiger partial charge on any atom is -0.450 e. The number of amides is 1. The van der Waals surface area contributed by atoms with Crippen molar-refractivity contribution in [2.24, 2.45) is 7.05 Å². The predicted molar refractivity (Wildman–Crippen MR) is 85.8 cm³/mol. The van der Waals surface area contributed by atoms with Gasteiger partial charge in [0.05, 0.1) is 16.3 Å². The van der Waals surface area contributed by atoms with Crippen LogP contribution in [0, 0.1) is 13.8 Å². The molecule has 9 heteroatoms. The number of ether oxygens (including phenoxy) is 1. The fourth-order valence-electron chi connectivity index (χ4n) is 2.03. The second-order valence-corrected chi connectivity index (χ2v) is 5.42. The highest BCUT2D eigenvalue weighted by Crippen LogP contribution is 2.13. The number of Topliss-reactive ketones (excluding diaryl/α,β-unsaturated/α-hetero) is 1. The van der Waals surface area contributed by atoms with Gasteiger partial charge < -0.3 is 10.1 Å². The normalized spacial score (nSPS) is 10.3. The van der Waals surface area contributed by atoms with Gasteiger partial charge in [-0.15, -0.1) is 0 Å². The third-order valence-electron chi connectivity index (χ3n) is 3.25. The van der Waals surface area contributed by atoms with E-state index in [1.54, 1.807) is 27.0 Å². The molecule has 0 atom stereocenters. The molecule has 24 heavy (non-hydrogen) atoms. The predicted octanol–water partition coefficient (Wildman–Crippen LogP) is 1.45. The Hall–Kier alpha value is -2.74. The monoisotopic (exact) mass is 350 g/mol. The Bertz CT molecular complexity index is 799. The smallest absolute Gasteiger partial charge is 0.380 e. The van der Waals surface area contributed by atoms with Crippen molar-refractivity contribution >= 4 is 35.1 Å². The molecule has 0 radical (unpaired) electrons. The summed E-state index contributed by atoms with van der Waals surface area (Å²) in [5.74, 6) is -2.32. The molecule has 1 N–H and O–H groups in total. The number of hydrogen-bond acceptors (Lipinski definition) is 6. The Kier molecular flexibility index (Phi) is 5.30. The largest absolute Gasteiger partial charge is 0.450 e. The summed E-state index contributed by atoms with van der Waals surface area (Å²) in [6.45, 7) is 2.68. The van der Waals surface area contributed by atoms with E-state index in [1.807, 2.05) is 0 Å². The molecule has 1 amide bonds. The number of ketones is 1. The van der Waals surface area contributed by atoms with Crippen LogP contribution in [0.5, 0.6) is 0 Å². The SMILES string of the molecule is Cc1nn(C)c(C)c1C(=O)C(=O)OCC(=O)Nc1ccc(Cl)cn1. The maximum Gasteiger partial charge on any atom is 0.380 e. The molecule has 0 saturated heterocycles. The average molecular weight is 351 g/mol. The zero-order chi connectivity index (χ0) is 17.9. The quantitative estimate of drug-likeness (QED) is 0.497. The van der Waals surface area contributed by atoms with Crippen molar-refractivity contribution in [3.05, 3.63) is 40.3 Å². The second kappa shape index (κ2) is 7.22. The lowest BCUT2D eigenvalue weighted by Gasteiger charge is -2.06. The first-order valence-electron chi connectivity index (χ1n) is 6.92. The third kappa shape index (κ3) is 3.96. The molecular formula is C15H15ClN4O4. The van der Waals surface area contributed by atoms with Gasteiger partial charge in [-0.2, -0.15) is 5.10 Å². The molecule has 0 aromatic carbocycles. The van der Waals surface area contributed by atoms with E-state index in [0.29, 0.717) is 16.4 Å². The van der Waals surface area contributed by atoms with Gasteiger partial charge in [0.2, 0.25) is 0 Å². The van der Waals surface area contributed by atoms with Gasteiger partial charge in [0.1, 0.15) is 5.82 Å². The molecular weight excluding hydrogens is 336 g/mol. The van der Waals surface area contributed by atoms with Crippen LogP contribution in [-0.4, -0.2) is 39.0 Å². The van der Waals surface area contributed by atoms with Crippen molar-refractivity contribution in [2.75, 3.05) is 11.9 Å². The molecule has 0 fully saturated rings. The first-order chi connectivity index (χ1) is 11.3. The van der Waals surface area contributed by atoms with E-state index in [1.165, 1.54) is 16.9 Å². The van der Waals surface area contributed by atoms with Crippen LogP contribution in [0.4, 0.5) is 5.82 Å². The summed E-state index contributed by atoms with van der Waals surface area (Å²) in [6, 6.07) is 3.04. The van der Waals surface area contributed by atoms with Crippen molar-refractivity contribution in [2.45, 2.75) is 13.8 Å². The number of esters is 1. The van der Waals surface area contributed by atoms with Crippen molar-refractivity contribution < 1.29 is 19.1 Å². The highest BCUT2D eigenvalue weighted by atomic mass is 35.5. The van der Waals surface area contributed by atoms with Gasteiger partial charge in [-0.25, -0.2) is 9.78 Å². The van der Waals surface area contributed by atoms with Crippen LogP contribution in [0.2, 0.25) is 5.02 Å². The number of halogens is 1.